The molecule has 1 atom stereocenters. The number of nitriles is 1. The summed E-state index contributed by atoms with van der Waals surface area (Å²) in [6.45, 7) is 0. The van der Waals surface area contributed by atoms with Gasteiger partial charge in [0.15, 0.2) is 9.84 Å². The average Bonchev–Trinajstić information content (AvgIpc) is 2.68. The molecule has 0 fully saturated rings. The number of hydrogen-bond acceptors (Lipinski definition) is 5. The van der Waals surface area contributed by atoms with E-state index >= 15 is 0 Å². The Hall–Kier alpha value is -1.69. The number of sulfonamides is 1. The SMILES string of the molecule is N#Cc1cccc(S(=O)(=O)NC2C=CS(=O)(=O)C2)c1. The van der Waals surface area contributed by atoms with Crippen LogP contribution in [-0.4, -0.2) is 28.6 Å². The Kier molecular flexibility index (Phi) is 3.45. The largest absolute Gasteiger partial charge is 0.241 e. The second-order valence-electron chi connectivity index (χ2n) is 4.03. The van der Waals surface area contributed by atoms with E-state index in [1.807, 2.05) is 6.07 Å². The summed E-state index contributed by atoms with van der Waals surface area (Å²) in [5.74, 6) is -0.288. The lowest BCUT2D eigenvalue weighted by molar-refractivity contribution is 0.575. The van der Waals surface area contributed by atoms with E-state index in [1.54, 1.807) is 0 Å². The molecule has 19 heavy (non-hydrogen) atoms. The van der Waals surface area contributed by atoms with E-state index in [9.17, 15) is 16.8 Å². The van der Waals surface area contributed by atoms with Crippen molar-refractivity contribution in [3.63, 3.8) is 0 Å². The van der Waals surface area contributed by atoms with Crippen molar-refractivity contribution in [1.82, 2.24) is 4.72 Å². The molecule has 0 amide bonds. The van der Waals surface area contributed by atoms with Gasteiger partial charge in [0.1, 0.15) is 0 Å². The fourth-order valence-electron chi connectivity index (χ4n) is 1.65. The second kappa shape index (κ2) is 4.77. The third kappa shape index (κ3) is 3.20. The van der Waals surface area contributed by atoms with Gasteiger partial charge < -0.3 is 0 Å². The average molecular weight is 298 g/mol. The van der Waals surface area contributed by atoms with E-state index in [0.29, 0.717) is 0 Å². The minimum atomic E-state index is -3.84. The number of sulfone groups is 1. The van der Waals surface area contributed by atoms with Crippen LogP contribution in [0.5, 0.6) is 0 Å². The fraction of sp³-hybridized carbons (Fsp3) is 0.182. The van der Waals surface area contributed by atoms with Crippen LogP contribution in [0, 0.1) is 11.3 Å². The van der Waals surface area contributed by atoms with Crippen molar-refractivity contribution in [1.29, 1.82) is 5.26 Å². The minimum absolute atomic E-state index is 0.0655. The van der Waals surface area contributed by atoms with Gasteiger partial charge in [-0.2, -0.15) is 5.26 Å². The molecule has 1 heterocycles. The van der Waals surface area contributed by atoms with E-state index in [2.05, 4.69) is 4.72 Å². The van der Waals surface area contributed by atoms with Gasteiger partial charge in [0.05, 0.1) is 28.3 Å². The number of rotatable bonds is 3. The Labute approximate surface area is 111 Å². The van der Waals surface area contributed by atoms with Crippen molar-refractivity contribution in [2.24, 2.45) is 0 Å². The highest BCUT2D eigenvalue weighted by molar-refractivity contribution is 7.94. The first-order valence-corrected chi connectivity index (χ1v) is 8.46. The van der Waals surface area contributed by atoms with Gasteiger partial charge in [0, 0.05) is 5.41 Å². The van der Waals surface area contributed by atoms with Crippen molar-refractivity contribution < 1.29 is 16.8 Å². The predicted molar refractivity (Wildman–Crippen MR) is 68.2 cm³/mol. The summed E-state index contributed by atoms with van der Waals surface area (Å²) in [6, 6.07) is 6.58. The minimum Gasteiger partial charge on any atom is -0.224 e. The normalized spacial score (nSPS) is 21.1. The molecule has 1 aliphatic rings. The summed E-state index contributed by atoms with van der Waals surface area (Å²) in [7, 11) is -7.17. The second-order valence-corrected chi connectivity index (χ2v) is 7.67. The summed E-state index contributed by atoms with van der Waals surface area (Å²) in [5.41, 5.74) is 0.220. The summed E-state index contributed by atoms with van der Waals surface area (Å²) in [5, 5.41) is 9.72. The first-order valence-electron chi connectivity index (χ1n) is 5.26. The fourth-order valence-corrected chi connectivity index (χ4v) is 4.23. The Morgan fingerprint density at radius 2 is 2.11 bits per heavy atom. The zero-order valence-electron chi connectivity index (χ0n) is 9.65. The molecular formula is C11H10N2O4S2. The van der Waals surface area contributed by atoms with Crippen molar-refractivity contribution in [2.75, 3.05) is 5.75 Å². The maximum Gasteiger partial charge on any atom is 0.241 e. The summed E-state index contributed by atoms with van der Waals surface area (Å²) in [6.07, 6.45) is 1.29. The Bertz CT molecular complexity index is 773. The molecule has 100 valence electrons. The van der Waals surface area contributed by atoms with Gasteiger partial charge in [-0.1, -0.05) is 12.1 Å². The summed E-state index contributed by atoms with van der Waals surface area (Å²) in [4.78, 5) is -0.0655. The molecule has 0 aliphatic carbocycles. The van der Waals surface area contributed by atoms with Gasteiger partial charge in [0.2, 0.25) is 10.0 Å². The zero-order valence-corrected chi connectivity index (χ0v) is 11.3. The van der Waals surface area contributed by atoms with Crippen LogP contribution >= 0.6 is 0 Å². The van der Waals surface area contributed by atoms with Crippen molar-refractivity contribution in [2.45, 2.75) is 10.9 Å². The van der Waals surface area contributed by atoms with E-state index in [0.717, 1.165) is 5.41 Å². The summed E-state index contributed by atoms with van der Waals surface area (Å²) >= 11 is 0. The van der Waals surface area contributed by atoms with Gasteiger partial charge in [-0.05, 0) is 18.2 Å². The van der Waals surface area contributed by atoms with Crippen LogP contribution in [0.3, 0.4) is 0 Å². The highest BCUT2D eigenvalue weighted by Gasteiger charge is 2.26. The highest BCUT2D eigenvalue weighted by Crippen LogP contribution is 2.14. The van der Waals surface area contributed by atoms with Crippen LogP contribution in [0.1, 0.15) is 5.56 Å². The Morgan fingerprint density at radius 1 is 1.37 bits per heavy atom. The number of nitrogens with zero attached hydrogens (tertiary/aromatic N) is 1. The van der Waals surface area contributed by atoms with E-state index in [-0.39, 0.29) is 16.2 Å². The quantitative estimate of drug-likeness (QED) is 0.855. The molecule has 0 saturated heterocycles. The van der Waals surface area contributed by atoms with Crippen molar-refractivity contribution >= 4 is 19.9 Å². The smallest absolute Gasteiger partial charge is 0.224 e. The molecule has 8 heteroatoms. The zero-order chi connectivity index (χ0) is 14.1. The van der Waals surface area contributed by atoms with Crippen molar-refractivity contribution in [3.8, 4) is 6.07 Å². The molecule has 0 saturated carbocycles. The first-order chi connectivity index (χ1) is 8.82. The van der Waals surface area contributed by atoms with Gasteiger partial charge in [-0.15, -0.1) is 0 Å². The number of nitrogens with one attached hydrogen (secondary N) is 1. The van der Waals surface area contributed by atoms with Crippen LogP contribution in [0.15, 0.2) is 40.6 Å². The number of benzene rings is 1. The molecule has 0 radical (unpaired) electrons. The van der Waals surface area contributed by atoms with Gasteiger partial charge in [-0.25, -0.2) is 21.6 Å². The van der Waals surface area contributed by atoms with E-state index < -0.39 is 25.9 Å². The molecular weight excluding hydrogens is 288 g/mol. The standard InChI is InChI=1S/C11H10N2O4S2/c12-7-9-2-1-3-11(6-9)19(16,17)13-10-4-5-18(14,15)8-10/h1-6,10,13H,8H2. The maximum atomic E-state index is 12.0. The lowest BCUT2D eigenvalue weighted by atomic mass is 10.2. The lowest BCUT2D eigenvalue weighted by Crippen LogP contribution is -2.35. The van der Waals surface area contributed by atoms with Crippen LogP contribution in [0.25, 0.3) is 0 Å². The molecule has 0 spiro atoms. The topological polar surface area (TPSA) is 104 Å². The third-order valence-electron chi connectivity index (χ3n) is 2.51. The monoisotopic (exact) mass is 298 g/mol. The van der Waals surface area contributed by atoms with Gasteiger partial charge in [0.25, 0.3) is 0 Å². The molecule has 1 aromatic rings. The summed E-state index contributed by atoms with van der Waals surface area (Å²) < 4.78 is 48.7. The maximum absolute atomic E-state index is 12.0. The molecule has 6 nitrogen and oxygen atoms in total. The van der Waals surface area contributed by atoms with Crippen LogP contribution < -0.4 is 4.72 Å². The van der Waals surface area contributed by atoms with Crippen molar-refractivity contribution in [3.05, 3.63) is 41.3 Å². The number of hydrogen-bond donors (Lipinski definition) is 1. The molecule has 1 unspecified atom stereocenters. The Morgan fingerprint density at radius 3 is 2.68 bits per heavy atom. The molecule has 2 rings (SSSR count). The lowest BCUT2D eigenvalue weighted by Gasteiger charge is -2.10. The van der Waals surface area contributed by atoms with Crippen LogP contribution in [0.4, 0.5) is 0 Å². The highest BCUT2D eigenvalue weighted by atomic mass is 32.2. The molecule has 0 bridgehead atoms. The van der Waals surface area contributed by atoms with Crippen LogP contribution in [-0.2, 0) is 19.9 Å². The molecule has 1 aliphatic heterocycles. The molecule has 0 aromatic heterocycles. The Balaban J connectivity index is 2.25. The van der Waals surface area contributed by atoms with E-state index in [4.69, 9.17) is 5.26 Å². The van der Waals surface area contributed by atoms with Crippen LogP contribution in [0.2, 0.25) is 0 Å². The molecule has 1 aromatic carbocycles. The molecule has 1 N–H and O–H groups in total. The van der Waals surface area contributed by atoms with Gasteiger partial charge >= 0.3 is 0 Å². The van der Waals surface area contributed by atoms with E-state index in [1.165, 1.54) is 30.3 Å². The first kappa shape index (κ1) is 13.7. The predicted octanol–water partition coefficient (Wildman–Crippen LogP) is 0.147. The third-order valence-corrected chi connectivity index (χ3v) is 5.39. The van der Waals surface area contributed by atoms with Gasteiger partial charge in [-0.3, -0.25) is 0 Å².